The van der Waals surface area contributed by atoms with E-state index in [4.69, 9.17) is 14.2 Å². The van der Waals surface area contributed by atoms with Gasteiger partial charge in [-0.2, -0.15) is 0 Å². The number of hydrogen-bond acceptors (Lipinski definition) is 8. The summed E-state index contributed by atoms with van der Waals surface area (Å²) in [5.74, 6) is 1.72. The number of thioether (sulfide) groups is 1. The molecule has 5 rings (SSSR count). The topological polar surface area (TPSA) is 100 Å². The van der Waals surface area contributed by atoms with Crippen molar-refractivity contribution in [3.05, 3.63) is 48.0 Å². The molecule has 33 heavy (non-hydrogen) atoms. The van der Waals surface area contributed by atoms with Crippen molar-refractivity contribution in [2.24, 2.45) is 0 Å². The van der Waals surface area contributed by atoms with E-state index < -0.39 is 5.79 Å². The molecule has 9 nitrogen and oxygen atoms in total. The first kappa shape index (κ1) is 21.6. The number of carbonyl (C=O) groups excluding carboxylic acids is 1. The van der Waals surface area contributed by atoms with Gasteiger partial charge >= 0.3 is 0 Å². The molecule has 2 aliphatic rings. The van der Waals surface area contributed by atoms with Crippen molar-refractivity contribution in [3.63, 3.8) is 0 Å². The van der Waals surface area contributed by atoms with Gasteiger partial charge in [-0.1, -0.05) is 30.3 Å². The number of amides is 1. The van der Waals surface area contributed by atoms with Crippen LogP contribution in [-0.4, -0.2) is 44.8 Å². The zero-order valence-electron chi connectivity index (χ0n) is 18.3. The average molecular weight is 468 g/mol. The third-order valence-electron chi connectivity index (χ3n) is 5.76. The van der Waals surface area contributed by atoms with Crippen LogP contribution in [0.2, 0.25) is 0 Å². The zero-order valence-corrected chi connectivity index (χ0v) is 19.1. The molecule has 1 saturated carbocycles. The fourth-order valence-corrected chi connectivity index (χ4v) is 4.77. The number of aromatic nitrogens is 4. The first-order chi connectivity index (χ1) is 16.1. The number of hydrogen-bond donors (Lipinski definition) is 1. The molecule has 1 spiro atoms. The fraction of sp³-hybridized carbons (Fsp3) is 0.391. The van der Waals surface area contributed by atoms with E-state index in [-0.39, 0.29) is 11.7 Å². The molecule has 1 aromatic heterocycles. The minimum atomic E-state index is -0.528. The molecule has 172 valence electrons. The molecule has 10 heteroatoms. The highest BCUT2D eigenvalue weighted by atomic mass is 32.2. The summed E-state index contributed by atoms with van der Waals surface area (Å²) < 4.78 is 19.1. The van der Waals surface area contributed by atoms with Gasteiger partial charge in [0.2, 0.25) is 11.1 Å². The van der Waals surface area contributed by atoms with Crippen LogP contribution >= 0.6 is 11.8 Å². The Balaban J connectivity index is 1.16. The standard InChI is InChI=1S/C23H25N5O4S/c1-30-18-8-5-16(6-9-18)14-28-22(25-26-27-28)33-15-21(29)24-17-7-10-19-20(13-17)32-23(31-19)11-3-2-4-12-23/h5-10,13H,2-4,11-12,14-15H2,1H3,(H,24,29). The van der Waals surface area contributed by atoms with Gasteiger partial charge < -0.3 is 19.5 Å². The van der Waals surface area contributed by atoms with E-state index in [0.29, 0.717) is 23.1 Å². The van der Waals surface area contributed by atoms with E-state index >= 15 is 0 Å². The van der Waals surface area contributed by atoms with E-state index in [1.807, 2.05) is 42.5 Å². The molecule has 0 bridgehead atoms. The lowest BCUT2D eigenvalue weighted by atomic mass is 9.94. The molecule has 0 saturated heterocycles. The lowest BCUT2D eigenvalue weighted by Gasteiger charge is -2.31. The lowest BCUT2D eigenvalue weighted by Crippen LogP contribution is -2.40. The van der Waals surface area contributed by atoms with Gasteiger partial charge in [-0.3, -0.25) is 4.79 Å². The molecule has 1 fully saturated rings. The summed E-state index contributed by atoms with van der Waals surface area (Å²) in [6.45, 7) is 0.505. The molecule has 1 aliphatic carbocycles. The Bertz CT molecular complexity index is 1130. The predicted molar refractivity (Wildman–Crippen MR) is 123 cm³/mol. The Hall–Kier alpha value is -3.27. The highest BCUT2D eigenvalue weighted by Gasteiger charge is 2.42. The summed E-state index contributed by atoms with van der Waals surface area (Å²) in [6.07, 6.45) is 5.21. The molecule has 2 heterocycles. The predicted octanol–water partition coefficient (Wildman–Crippen LogP) is 3.89. The summed E-state index contributed by atoms with van der Waals surface area (Å²) in [5.41, 5.74) is 1.71. The number of tetrazole rings is 1. The fourth-order valence-electron chi connectivity index (χ4n) is 4.10. The molecule has 1 aliphatic heterocycles. The Morgan fingerprint density at radius 3 is 2.70 bits per heavy atom. The lowest BCUT2D eigenvalue weighted by molar-refractivity contribution is -0.113. The van der Waals surface area contributed by atoms with E-state index in [2.05, 4.69) is 20.8 Å². The molecule has 1 N–H and O–H groups in total. The van der Waals surface area contributed by atoms with Crippen molar-refractivity contribution in [1.82, 2.24) is 20.2 Å². The number of nitrogens with one attached hydrogen (secondary N) is 1. The SMILES string of the molecule is COc1ccc(Cn2nnnc2SCC(=O)Nc2ccc3c(c2)OC2(CCCCC2)O3)cc1. The first-order valence-corrected chi connectivity index (χ1v) is 11.9. The molecule has 0 unspecified atom stereocenters. The number of ether oxygens (including phenoxy) is 3. The molecule has 3 aromatic rings. The molecule has 0 radical (unpaired) electrons. The van der Waals surface area contributed by atoms with Gasteiger partial charge in [-0.05, 0) is 53.1 Å². The van der Waals surface area contributed by atoms with Gasteiger partial charge in [0.1, 0.15) is 5.75 Å². The van der Waals surface area contributed by atoms with Crippen molar-refractivity contribution in [2.45, 2.75) is 49.6 Å². The second-order valence-corrected chi connectivity index (χ2v) is 9.08. The highest BCUT2D eigenvalue weighted by Crippen LogP contribution is 2.46. The number of nitrogens with zero attached hydrogens (tertiary/aromatic N) is 4. The Morgan fingerprint density at radius 2 is 1.91 bits per heavy atom. The molecule has 1 amide bonds. The van der Waals surface area contributed by atoms with E-state index in [9.17, 15) is 4.79 Å². The van der Waals surface area contributed by atoms with Crippen molar-refractivity contribution in [2.75, 3.05) is 18.2 Å². The van der Waals surface area contributed by atoms with Crippen molar-refractivity contribution in [1.29, 1.82) is 0 Å². The van der Waals surface area contributed by atoms with Crippen molar-refractivity contribution >= 4 is 23.4 Å². The highest BCUT2D eigenvalue weighted by molar-refractivity contribution is 7.99. The maximum Gasteiger partial charge on any atom is 0.251 e. The Labute approximate surface area is 195 Å². The summed E-state index contributed by atoms with van der Waals surface area (Å²) in [4.78, 5) is 12.5. The van der Waals surface area contributed by atoms with Crippen LogP contribution in [0.4, 0.5) is 5.69 Å². The van der Waals surface area contributed by atoms with Gasteiger partial charge in [-0.15, -0.1) is 5.10 Å². The van der Waals surface area contributed by atoms with Crippen LogP contribution in [0, 0.1) is 0 Å². The van der Waals surface area contributed by atoms with E-state index in [0.717, 1.165) is 42.7 Å². The third-order valence-corrected chi connectivity index (χ3v) is 6.71. The van der Waals surface area contributed by atoms with Crippen molar-refractivity contribution in [3.8, 4) is 17.2 Å². The number of anilines is 1. The maximum atomic E-state index is 12.5. The van der Waals surface area contributed by atoms with E-state index in [1.54, 1.807) is 11.8 Å². The quantitative estimate of drug-likeness (QED) is 0.523. The van der Waals surface area contributed by atoms with Gasteiger partial charge in [0, 0.05) is 24.6 Å². The zero-order chi connectivity index (χ0) is 22.7. The van der Waals surface area contributed by atoms with Crippen LogP contribution in [0.15, 0.2) is 47.6 Å². The van der Waals surface area contributed by atoms with Crippen LogP contribution in [0.25, 0.3) is 0 Å². The number of carbonyl (C=O) groups is 1. The van der Waals surface area contributed by atoms with Gasteiger partial charge in [0.25, 0.3) is 5.79 Å². The number of rotatable bonds is 7. The Morgan fingerprint density at radius 1 is 1.12 bits per heavy atom. The van der Waals surface area contributed by atoms with Crippen LogP contribution in [0.3, 0.4) is 0 Å². The smallest absolute Gasteiger partial charge is 0.251 e. The maximum absolute atomic E-state index is 12.5. The molecule has 0 atom stereocenters. The molecular weight excluding hydrogens is 442 g/mol. The average Bonchev–Trinajstić information content (AvgIpc) is 3.42. The van der Waals surface area contributed by atoms with Crippen LogP contribution in [0.1, 0.15) is 37.7 Å². The summed E-state index contributed by atoms with van der Waals surface area (Å²) in [5, 5.41) is 15.3. The van der Waals surface area contributed by atoms with Crippen LogP contribution < -0.4 is 19.5 Å². The van der Waals surface area contributed by atoms with Gasteiger partial charge in [-0.25, -0.2) is 4.68 Å². The monoisotopic (exact) mass is 467 g/mol. The van der Waals surface area contributed by atoms with Gasteiger partial charge in [0.05, 0.1) is 19.4 Å². The minimum absolute atomic E-state index is 0.148. The first-order valence-electron chi connectivity index (χ1n) is 11.0. The van der Waals surface area contributed by atoms with Crippen molar-refractivity contribution < 1.29 is 19.0 Å². The normalized spacial score (nSPS) is 16.0. The second kappa shape index (κ2) is 9.30. The third kappa shape index (κ3) is 4.90. The molecule has 2 aromatic carbocycles. The molecular formula is C23H25N5O4S. The second-order valence-electron chi connectivity index (χ2n) is 8.14. The van der Waals surface area contributed by atoms with Crippen LogP contribution in [0.5, 0.6) is 17.2 Å². The summed E-state index contributed by atoms with van der Waals surface area (Å²) in [7, 11) is 1.63. The minimum Gasteiger partial charge on any atom is -0.497 e. The number of benzene rings is 2. The largest absolute Gasteiger partial charge is 0.497 e. The summed E-state index contributed by atoms with van der Waals surface area (Å²) >= 11 is 1.29. The van der Waals surface area contributed by atoms with Gasteiger partial charge in [0.15, 0.2) is 11.5 Å². The van der Waals surface area contributed by atoms with E-state index in [1.165, 1.54) is 18.2 Å². The number of methoxy groups -OCH3 is 1. The number of fused-ring (bicyclic) bond motifs is 1. The Kier molecular flexibility index (Phi) is 6.08. The van der Waals surface area contributed by atoms with Crippen LogP contribution in [-0.2, 0) is 11.3 Å². The summed E-state index contributed by atoms with van der Waals surface area (Å²) in [6, 6.07) is 13.2.